The highest BCUT2D eigenvalue weighted by Crippen LogP contribution is 2.17. The van der Waals surface area contributed by atoms with Crippen molar-refractivity contribution in [2.24, 2.45) is 0 Å². The highest BCUT2D eigenvalue weighted by molar-refractivity contribution is 6.01. The molecule has 2 N–H and O–H groups in total. The lowest BCUT2D eigenvalue weighted by atomic mass is 10.1. The molecular formula is C13H14FNO5. The fraction of sp³-hybridized carbons (Fsp3) is 0.308. The van der Waals surface area contributed by atoms with E-state index in [4.69, 9.17) is 5.11 Å². The fourth-order valence-corrected chi connectivity index (χ4v) is 1.46. The van der Waals surface area contributed by atoms with Crippen molar-refractivity contribution in [3.63, 3.8) is 0 Å². The number of esters is 1. The summed E-state index contributed by atoms with van der Waals surface area (Å²) in [6, 6.07) is 3.00. The molecule has 1 rings (SSSR count). The maximum atomic E-state index is 12.9. The van der Waals surface area contributed by atoms with Crippen LogP contribution in [0.25, 0.3) is 0 Å². The monoisotopic (exact) mass is 283 g/mol. The van der Waals surface area contributed by atoms with Gasteiger partial charge in [-0.15, -0.1) is 0 Å². The van der Waals surface area contributed by atoms with Gasteiger partial charge in [-0.1, -0.05) is 0 Å². The molecule has 0 aliphatic carbocycles. The lowest BCUT2D eigenvalue weighted by Gasteiger charge is -2.08. The van der Waals surface area contributed by atoms with E-state index in [1.165, 1.54) is 0 Å². The zero-order chi connectivity index (χ0) is 15.1. The van der Waals surface area contributed by atoms with Crippen molar-refractivity contribution in [2.75, 3.05) is 11.9 Å². The first kappa shape index (κ1) is 15.6. The maximum Gasteiger partial charge on any atom is 0.337 e. The molecule has 0 heterocycles. The van der Waals surface area contributed by atoms with Crippen LogP contribution in [0.15, 0.2) is 18.2 Å². The molecule has 1 amide bonds. The topological polar surface area (TPSA) is 92.7 Å². The number of ether oxygens (including phenoxy) is 1. The first-order chi connectivity index (χ1) is 9.43. The van der Waals surface area contributed by atoms with Crippen LogP contribution >= 0.6 is 0 Å². The Morgan fingerprint density at radius 3 is 2.60 bits per heavy atom. The molecule has 0 spiro atoms. The first-order valence-electron chi connectivity index (χ1n) is 5.92. The van der Waals surface area contributed by atoms with Crippen molar-refractivity contribution in [1.82, 2.24) is 0 Å². The van der Waals surface area contributed by atoms with E-state index >= 15 is 0 Å². The molecule has 1 aromatic carbocycles. The van der Waals surface area contributed by atoms with E-state index in [1.807, 2.05) is 0 Å². The van der Waals surface area contributed by atoms with Crippen molar-refractivity contribution in [3.8, 4) is 0 Å². The Morgan fingerprint density at radius 2 is 2.00 bits per heavy atom. The van der Waals surface area contributed by atoms with Gasteiger partial charge in [0.05, 0.1) is 24.3 Å². The molecule has 0 fully saturated rings. The molecular weight excluding hydrogens is 269 g/mol. The zero-order valence-corrected chi connectivity index (χ0v) is 10.8. The number of hydrogen-bond acceptors (Lipinski definition) is 4. The summed E-state index contributed by atoms with van der Waals surface area (Å²) in [4.78, 5) is 33.6. The van der Waals surface area contributed by atoms with E-state index in [9.17, 15) is 18.8 Å². The molecule has 6 nitrogen and oxygen atoms in total. The van der Waals surface area contributed by atoms with Crippen LogP contribution in [0.2, 0.25) is 0 Å². The van der Waals surface area contributed by atoms with Crippen molar-refractivity contribution < 1.29 is 28.6 Å². The van der Waals surface area contributed by atoms with Crippen molar-refractivity contribution in [1.29, 1.82) is 0 Å². The number of carboxylic acid groups (broad SMARTS) is 1. The number of carboxylic acids is 1. The fourth-order valence-electron chi connectivity index (χ4n) is 1.46. The SMILES string of the molecule is CCOC(=O)CCC(=O)Nc1ccc(F)cc1C(=O)O. The number of rotatable bonds is 6. The number of benzene rings is 1. The van der Waals surface area contributed by atoms with Gasteiger partial charge in [0.1, 0.15) is 5.82 Å². The first-order valence-corrected chi connectivity index (χ1v) is 5.92. The third-order valence-electron chi connectivity index (χ3n) is 2.35. The van der Waals surface area contributed by atoms with Crippen molar-refractivity contribution >= 4 is 23.5 Å². The number of amides is 1. The molecule has 0 bridgehead atoms. The molecule has 0 unspecified atom stereocenters. The second-order valence-electron chi connectivity index (χ2n) is 3.85. The molecule has 7 heteroatoms. The Bertz CT molecular complexity index is 529. The Kier molecular flexibility index (Phi) is 5.64. The minimum Gasteiger partial charge on any atom is -0.478 e. The lowest BCUT2D eigenvalue weighted by molar-refractivity contribution is -0.144. The third kappa shape index (κ3) is 4.68. The largest absolute Gasteiger partial charge is 0.478 e. The van der Waals surface area contributed by atoms with E-state index in [0.717, 1.165) is 18.2 Å². The Balaban J connectivity index is 2.66. The highest BCUT2D eigenvalue weighted by Gasteiger charge is 2.14. The van der Waals surface area contributed by atoms with E-state index in [-0.39, 0.29) is 30.7 Å². The van der Waals surface area contributed by atoms with Gasteiger partial charge in [0, 0.05) is 6.42 Å². The minimum absolute atomic E-state index is 0.0206. The second kappa shape index (κ2) is 7.22. The molecule has 0 radical (unpaired) electrons. The molecule has 0 aromatic heterocycles. The lowest BCUT2D eigenvalue weighted by Crippen LogP contribution is -2.16. The van der Waals surface area contributed by atoms with Crippen LogP contribution in [-0.2, 0) is 14.3 Å². The van der Waals surface area contributed by atoms with Crippen LogP contribution < -0.4 is 5.32 Å². The standard InChI is InChI=1S/C13H14FNO5/c1-2-20-12(17)6-5-11(16)15-10-4-3-8(14)7-9(10)13(18)19/h3-4,7H,2,5-6H2,1H3,(H,15,16)(H,18,19). The van der Waals surface area contributed by atoms with E-state index in [2.05, 4.69) is 10.1 Å². The minimum atomic E-state index is -1.36. The second-order valence-corrected chi connectivity index (χ2v) is 3.85. The molecule has 0 aliphatic rings. The third-order valence-corrected chi connectivity index (χ3v) is 2.35. The summed E-state index contributed by atoms with van der Waals surface area (Å²) in [6.07, 6.45) is -0.251. The summed E-state index contributed by atoms with van der Waals surface area (Å²) < 4.78 is 17.6. The number of anilines is 1. The molecule has 0 aliphatic heterocycles. The summed E-state index contributed by atoms with van der Waals surface area (Å²) in [5.74, 6) is -3.13. The van der Waals surface area contributed by atoms with Gasteiger partial charge >= 0.3 is 11.9 Å². The number of carbonyl (C=O) groups excluding carboxylic acids is 2. The normalized spacial score (nSPS) is 9.90. The van der Waals surface area contributed by atoms with Crippen LogP contribution in [0.5, 0.6) is 0 Å². The van der Waals surface area contributed by atoms with Crippen LogP contribution in [0, 0.1) is 5.82 Å². The number of hydrogen-bond donors (Lipinski definition) is 2. The number of aromatic carboxylic acids is 1. The molecule has 1 aromatic rings. The van der Waals surface area contributed by atoms with Crippen LogP contribution in [0.3, 0.4) is 0 Å². The molecule has 20 heavy (non-hydrogen) atoms. The predicted molar refractivity (Wildman–Crippen MR) is 67.9 cm³/mol. The number of carbonyl (C=O) groups is 3. The van der Waals surface area contributed by atoms with E-state index < -0.39 is 23.7 Å². The zero-order valence-electron chi connectivity index (χ0n) is 10.8. The Morgan fingerprint density at radius 1 is 1.30 bits per heavy atom. The smallest absolute Gasteiger partial charge is 0.337 e. The molecule has 0 atom stereocenters. The summed E-state index contributed by atoms with van der Waals surface area (Å²) in [5, 5.41) is 11.2. The average Bonchev–Trinajstić information content (AvgIpc) is 2.38. The van der Waals surface area contributed by atoms with E-state index in [1.54, 1.807) is 6.92 Å². The Labute approximate surface area is 114 Å². The molecule has 108 valence electrons. The summed E-state index contributed by atoms with van der Waals surface area (Å²) >= 11 is 0. The quantitative estimate of drug-likeness (QED) is 0.777. The predicted octanol–water partition coefficient (Wildman–Crippen LogP) is 1.81. The van der Waals surface area contributed by atoms with Gasteiger partial charge in [0.15, 0.2) is 0 Å². The number of nitrogens with one attached hydrogen (secondary N) is 1. The van der Waals surface area contributed by atoms with Gasteiger partial charge < -0.3 is 15.2 Å². The Hall–Kier alpha value is -2.44. The molecule has 0 saturated heterocycles. The average molecular weight is 283 g/mol. The van der Waals surface area contributed by atoms with Crippen LogP contribution in [-0.4, -0.2) is 29.6 Å². The highest BCUT2D eigenvalue weighted by atomic mass is 19.1. The van der Waals surface area contributed by atoms with Crippen molar-refractivity contribution in [3.05, 3.63) is 29.6 Å². The van der Waals surface area contributed by atoms with Gasteiger partial charge in [-0.3, -0.25) is 9.59 Å². The summed E-state index contributed by atoms with van der Waals surface area (Å²) in [6.45, 7) is 1.87. The number of halogens is 1. The summed E-state index contributed by atoms with van der Waals surface area (Å²) in [7, 11) is 0. The van der Waals surface area contributed by atoms with Crippen molar-refractivity contribution in [2.45, 2.75) is 19.8 Å². The van der Waals surface area contributed by atoms with Crippen LogP contribution in [0.4, 0.5) is 10.1 Å². The van der Waals surface area contributed by atoms with Gasteiger partial charge in [0.2, 0.25) is 5.91 Å². The maximum absolute atomic E-state index is 12.9. The van der Waals surface area contributed by atoms with Gasteiger partial charge in [-0.2, -0.15) is 0 Å². The van der Waals surface area contributed by atoms with E-state index in [0.29, 0.717) is 0 Å². The van der Waals surface area contributed by atoms with Crippen LogP contribution in [0.1, 0.15) is 30.1 Å². The summed E-state index contributed by atoms with van der Waals surface area (Å²) in [5.41, 5.74) is -0.373. The molecule has 0 saturated carbocycles. The van der Waals surface area contributed by atoms with Gasteiger partial charge in [-0.05, 0) is 25.1 Å². The van der Waals surface area contributed by atoms with Gasteiger partial charge in [0.25, 0.3) is 0 Å². The van der Waals surface area contributed by atoms with Gasteiger partial charge in [-0.25, -0.2) is 9.18 Å².